The highest BCUT2D eigenvalue weighted by Crippen LogP contribution is 2.46. The van der Waals surface area contributed by atoms with Crippen molar-refractivity contribution in [3.63, 3.8) is 0 Å². The summed E-state index contributed by atoms with van der Waals surface area (Å²) >= 11 is 0. The molecule has 1 aliphatic carbocycles. The summed E-state index contributed by atoms with van der Waals surface area (Å²) in [7, 11) is 0. The van der Waals surface area contributed by atoms with E-state index >= 15 is 0 Å². The maximum Gasteiger partial charge on any atom is 0.0917 e. The first-order chi connectivity index (χ1) is 6.51. The number of nitrogen functional groups attached to an aromatic ring is 1. The van der Waals surface area contributed by atoms with Crippen molar-refractivity contribution in [3.8, 4) is 0 Å². The number of aryl methyl sites for hydroxylation is 1. The van der Waals surface area contributed by atoms with Crippen LogP contribution in [0.2, 0.25) is 0 Å². The van der Waals surface area contributed by atoms with Gasteiger partial charge in [0.2, 0.25) is 0 Å². The first kappa shape index (κ1) is 9.46. The molecule has 3 heteroatoms. The minimum Gasteiger partial charge on any atom is -0.397 e. The van der Waals surface area contributed by atoms with E-state index in [9.17, 15) is 5.11 Å². The summed E-state index contributed by atoms with van der Waals surface area (Å²) in [5, 5.41) is 10.3. The van der Waals surface area contributed by atoms with Crippen LogP contribution in [-0.2, 0) is 5.60 Å². The lowest BCUT2D eigenvalue weighted by Crippen LogP contribution is -2.25. The summed E-state index contributed by atoms with van der Waals surface area (Å²) in [5.74, 6) is 0.367. The zero-order chi connectivity index (χ0) is 10.3. The molecule has 2 rings (SSSR count). The van der Waals surface area contributed by atoms with E-state index in [0.29, 0.717) is 11.6 Å². The Morgan fingerprint density at radius 3 is 2.79 bits per heavy atom. The standard InChI is InChI=1S/C11H16N2O/c1-7-5-9(10(12)6-13-7)11(2,14)8-3-4-8/h5-6,8,14H,3-4,12H2,1-2H3. The second-order valence-corrected chi connectivity index (χ2v) is 4.33. The van der Waals surface area contributed by atoms with Crippen LogP contribution in [0.15, 0.2) is 12.3 Å². The fourth-order valence-electron chi connectivity index (χ4n) is 1.87. The van der Waals surface area contributed by atoms with Crippen LogP contribution in [0.4, 0.5) is 5.69 Å². The Morgan fingerprint density at radius 1 is 1.57 bits per heavy atom. The molecule has 1 atom stereocenters. The van der Waals surface area contributed by atoms with E-state index in [2.05, 4.69) is 4.98 Å². The molecule has 14 heavy (non-hydrogen) atoms. The molecule has 0 radical (unpaired) electrons. The Morgan fingerprint density at radius 2 is 2.21 bits per heavy atom. The molecular weight excluding hydrogens is 176 g/mol. The quantitative estimate of drug-likeness (QED) is 0.748. The second kappa shape index (κ2) is 2.95. The molecule has 1 unspecified atom stereocenters. The van der Waals surface area contributed by atoms with Crippen molar-refractivity contribution >= 4 is 5.69 Å². The second-order valence-electron chi connectivity index (χ2n) is 4.33. The van der Waals surface area contributed by atoms with Crippen LogP contribution >= 0.6 is 0 Å². The third-order valence-corrected chi connectivity index (χ3v) is 2.99. The van der Waals surface area contributed by atoms with E-state index in [1.54, 1.807) is 6.20 Å². The molecule has 0 spiro atoms. The Bertz CT molecular complexity index is 356. The lowest BCUT2D eigenvalue weighted by Gasteiger charge is -2.25. The maximum absolute atomic E-state index is 10.3. The molecule has 76 valence electrons. The molecule has 1 aromatic rings. The third-order valence-electron chi connectivity index (χ3n) is 2.99. The SMILES string of the molecule is Cc1cc(C(C)(O)C2CC2)c(N)cn1. The molecule has 1 aromatic heterocycles. The molecule has 1 fully saturated rings. The smallest absolute Gasteiger partial charge is 0.0917 e. The van der Waals surface area contributed by atoms with E-state index in [1.807, 2.05) is 19.9 Å². The van der Waals surface area contributed by atoms with Gasteiger partial charge in [0.05, 0.1) is 17.5 Å². The van der Waals surface area contributed by atoms with Crippen LogP contribution in [0, 0.1) is 12.8 Å². The summed E-state index contributed by atoms with van der Waals surface area (Å²) in [6.07, 6.45) is 3.81. The number of anilines is 1. The molecule has 1 aliphatic rings. The maximum atomic E-state index is 10.3. The van der Waals surface area contributed by atoms with Crippen molar-refractivity contribution in [2.24, 2.45) is 5.92 Å². The van der Waals surface area contributed by atoms with Crippen molar-refractivity contribution in [1.29, 1.82) is 0 Å². The van der Waals surface area contributed by atoms with Crippen molar-refractivity contribution in [2.75, 3.05) is 5.73 Å². The van der Waals surface area contributed by atoms with E-state index in [1.165, 1.54) is 0 Å². The number of rotatable bonds is 2. The van der Waals surface area contributed by atoms with E-state index < -0.39 is 5.60 Å². The van der Waals surface area contributed by atoms with Crippen LogP contribution in [-0.4, -0.2) is 10.1 Å². The topological polar surface area (TPSA) is 59.1 Å². The van der Waals surface area contributed by atoms with Crippen molar-refractivity contribution in [2.45, 2.75) is 32.3 Å². The van der Waals surface area contributed by atoms with Gasteiger partial charge >= 0.3 is 0 Å². The Labute approximate surface area is 84.0 Å². The van der Waals surface area contributed by atoms with Crippen molar-refractivity contribution in [1.82, 2.24) is 4.98 Å². The summed E-state index contributed by atoms with van der Waals surface area (Å²) in [5.41, 5.74) is 7.35. The number of nitrogens with two attached hydrogens (primary N) is 1. The highest BCUT2D eigenvalue weighted by Gasteiger charge is 2.42. The minimum absolute atomic E-state index is 0.367. The van der Waals surface area contributed by atoms with Gasteiger partial charge in [-0.15, -0.1) is 0 Å². The van der Waals surface area contributed by atoms with Gasteiger partial charge in [-0.2, -0.15) is 0 Å². The molecule has 3 nitrogen and oxygen atoms in total. The number of aliphatic hydroxyl groups is 1. The van der Waals surface area contributed by atoms with E-state index in [0.717, 1.165) is 24.1 Å². The number of aromatic nitrogens is 1. The monoisotopic (exact) mass is 192 g/mol. The zero-order valence-electron chi connectivity index (χ0n) is 8.62. The highest BCUT2D eigenvalue weighted by atomic mass is 16.3. The van der Waals surface area contributed by atoms with Crippen molar-refractivity contribution < 1.29 is 5.11 Å². The van der Waals surface area contributed by atoms with Crippen molar-refractivity contribution in [3.05, 3.63) is 23.5 Å². The highest BCUT2D eigenvalue weighted by molar-refractivity contribution is 5.49. The van der Waals surface area contributed by atoms with Gasteiger partial charge in [0.15, 0.2) is 0 Å². The van der Waals surface area contributed by atoms with Gasteiger partial charge in [-0.05, 0) is 38.7 Å². The van der Waals surface area contributed by atoms with Crippen LogP contribution in [0.25, 0.3) is 0 Å². The van der Waals surface area contributed by atoms with Gasteiger partial charge in [0, 0.05) is 11.3 Å². The van der Waals surface area contributed by atoms with E-state index in [4.69, 9.17) is 5.73 Å². The molecule has 1 heterocycles. The molecule has 0 amide bonds. The van der Waals surface area contributed by atoms with Gasteiger partial charge in [-0.25, -0.2) is 0 Å². The lowest BCUT2D eigenvalue weighted by molar-refractivity contribution is 0.0337. The van der Waals surface area contributed by atoms with E-state index in [-0.39, 0.29) is 0 Å². The molecular formula is C11H16N2O. The predicted octanol–water partition coefficient (Wildman–Crippen LogP) is 1.59. The Balaban J connectivity index is 2.43. The number of nitrogens with zero attached hydrogens (tertiary/aromatic N) is 1. The summed E-state index contributed by atoms with van der Waals surface area (Å²) in [4.78, 5) is 4.10. The van der Waals surface area contributed by atoms with Gasteiger partial charge in [-0.1, -0.05) is 0 Å². The number of hydrogen-bond donors (Lipinski definition) is 2. The summed E-state index contributed by atoms with van der Waals surface area (Å²) in [6, 6.07) is 1.88. The first-order valence-electron chi connectivity index (χ1n) is 4.97. The molecule has 0 aliphatic heterocycles. The molecule has 3 N–H and O–H groups in total. The fraction of sp³-hybridized carbons (Fsp3) is 0.545. The zero-order valence-corrected chi connectivity index (χ0v) is 8.62. The fourth-order valence-corrected chi connectivity index (χ4v) is 1.87. The van der Waals surface area contributed by atoms with Crippen LogP contribution < -0.4 is 5.73 Å². The average molecular weight is 192 g/mol. The van der Waals surface area contributed by atoms with Crippen LogP contribution in [0.3, 0.4) is 0 Å². The van der Waals surface area contributed by atoms with Gasteiger partial charge in [0.25, 0.3) is 0 Å². The summed E-state index contributed by atoms with van der Waals surface area (Å²) in [6.45, 7) is 3.75. The number of hydrogen-bond acceptors (Lipinski definition) is 3. The molecule has 0 bridgehead atoms. The minimum atomic E-state index is -0.780. The van der Waals surface area contributed by atoms with Gasteiger partial charge < -0.3 is 10.8 Å². The Kier molecular flexibility index (Phi) is 2.00. The third kappa shape index (κ3) is 1.48. The lowest BCUT2D eigenvalue weighted by atomic mass is 9.90. The normalized spacial score (nSPS) is 20.5. The van der Waals surface area contributed by atoms with Gasteiger partial charge in [-0.3, -0.25) is 4.98 Å². The largest absolute Gasteiger partial charge is 0.397 e. The molecule has 0 saturated heterocycles. The predicted molar refractivity (Wildman–Crippen MR) is 55.7 cm³/mol. The Hall–Kier alpha value is -1.09. The van der Waals surface area contributed by atoms with Crippen LogP contribution in [0.1, 0.15) is 31.0 Å². The van der Waals surface area contributed by atoms with Crippen LogP contribution in [0.5, 0.6) is 0 Å². The molecule has 1 saturated carbocycles. The summed E-state index contributed by atoms with van der Waals surface area (Å²) < 4.78 is 0. The van der Waals surface area contributed by atoms with Gasteiger partial charge in [0.1, 0.15) is 0 Å². The number of pyridine rings is 1. The molecule has 0 aromatic carbocycles. The first-order valence-corrected chi connectivity index (χ1v) is 4.97. The average Bonchev–Trinajstić information content (AvgIpc) is 2.91.